The number of rotatable bonds is 7. The van der Waals surface area contributed by atoms with Crippen LogP contribution in [0.5, 0.6) is 0 Å². The molecule has 1 unspecified atom stereocenters. The molecule has 0 saturated heterocycles. The molecule has 7 nitrogen and oxygen atoms in total. The fourth-order valence-corrected chi connectivity index (χ4v) is 4.48. The van der Waals surface area contributed by atoms with Gasteiger partial charge in [-0.1, -0.05) is 65.7 Å². The molecule has 0 aliphatic carbocycles. The van der Waals surface area contributed by atoms with Crippen molar-refractivity contribution in [2.45, 2.75) is 19.1 Å². The lowest BCUT2D eigenvalue weighted by atomic mass is 9.91. The number of nitrogens with two attached hydrogens (primary N) is 1. The van der Waals surface area contributed by atoms with E-state index in [0.717, 1.165) is 11.1 Å². The van der Waals surface area contributed by atoms with Gasteiger partial charge in [0.25, 0.3) is 0 Å². The maximum atomic E-state index is 12.9. The van der Waals surface area contributed by atoms with Crippen molar-refractivity contribution >= 4 is 64.0 Å². The molecule has 0 fully saturated rings. The number of esters is 1. The SMILES string of the molecule is NC(=O)/C=C/c1ccc(NC(=O)/C=C2\CC(C(=O)OCc3ccccc3)Nc3cc(Cl)cc(Cl)c32)cc1. The lowest BCUT2D eigenvalue weighted by Crippen LogP contribution is -2.35. The highest BCUT2D eigenvalue weighted by atomic mass is 35.5. The summed E-state index contributed by atoms with van der Waals surface area (Å²) in [5.74, 6) is -1.41. The van der Waals surface area contributed by atoms with Crippen LogP contribution in [0, 0.1) is 0 Å². The smallest absolute Gasteiger partial charge is 0.329 e. The number of hydrogen-bond donors (Lipinski definition) is 3. The van der Waals surface area contributed by atoms with Gasteiger partial charge in [0.05, 0.1) is 5.02 Å². The lowest BCUT2D eigenvalue weighted by Gasteiger charge is -2.28. The van der Waals surface area contributed by atoms with E-state index in [2.05, 4.69) is 10.6 Å². The second-order valence-electron chi connectivity index (χ2n) is 8.32. The van der Waals surface area contributed by atoms with E-state index in [1.165, 1.54) is 12.2 Å². The Balaban J connectivity index is 1.52. The molecule has 1 aliphatic rings. The quantitative estimate of drug-likeness (QED) is 0.275. The van der Waals surface area contributed by atoms with Crippen LogP contribution in [0.3, 0.4) is 0 Å². The number of carbonyl (C=O) groups is 3. The first-order valence-electron chi connectivity index (χ1n) is 11.3. The molecular weight excluding hydrogens is 513 g/mol. The van der Waals surface area contributed by atoms with Crippen molar-refractivity contribution in [1.29, 1.82) is 0 Å². The molecule has 0 bridgehead atoms. The summed E-state index contributed by atoms with van der Waals surface area (Å²) in [6.07, 6.45) is 4.43. The Morgan fingerprint density at radius 3 is 2.49 bits per heavy atom. The fraction of sp³-hybridized carbons (Fsp3) is 0.107. The highest BCUT2D eigenvalue weighted by Crippen LogP contribution is 2.40. The first-order chi connectivity index (χ1) is 17.8. The number of anilines is 2. The van der Waals surface area contributed by atoms with E-state index >= 15 is 0 Å². The van der Waals surface area contributed by atoms with Crippen molar-refractivity contribution in [3.05, 3.63) is 106 Å². The number of carbonyl (C=O) groups excluding carboxylic acids is 3. The Morgan fingerprint density at radius 2 is 1.78 bits per heavy atom. The van der Waals surface area contributed by atoms with Gasteiger partial charge in [-0.3, -0.25) is 9.59 Å². The van der Waals surface area contributed by atoms with Gasteiger partial charge in [0.15, 0.2) is 0 Å². The number of nitrogens with one attached hydrogen (secondary N) is 2. The Labute approximate surface area is 223 Å². The Morgan fingerprint density at radius 1 is 1.05 bits per heavy atom. The number of amides is 2. The maximum absolute atomic E-state index is 12.9. The Kier molecular flexibility index (Phi) is 8.28. The van der Waals surface area contributed by atoms with E-state index in [9.17, 15) is 14.4 Å². The van der Waals surface area contributed by atoms with Crippen LogP contribution in [0.15, 0.2) is 78.9 Å². The molecule has 0 aromatic heterocycles. The summed E-state index contributed by atoms with van der Waals surface area (Å²) in [7, 11) is 0. The Bertz CT molecular complexity index is 1390. The molecule has 1 heterocycles. The first kappa shape index (κ1) is 26.0. The van der Waals surface area contributed by atoms with Gasteiger partial charge in [0.1, 0.15) is 12.6 Å². The summed E-state index contributed by atoms with van der Waals surface area (Å²) in [5.41, 5.74) is 8.98. The highest BCUT2D eigenvalue weighted by molar-refractivity contribution is 6.36. The molecular formula is C28H23Cl2N3O4. The molecule has 0 saturated carbocycles. The predicted molar refractivity (Wildman–Crippen MR) is 146 cm³/mol. The molecule has 3 aromatic rings. The number of benzene rings is 3. The topological polar surface area (TPSA) is 111 Å². The van der Waals surface area contributed by atoms with Gasteiger partial charge < -0.3 is 21.1 Å². The minimum atomic E-state index is -0.735. The van der Waals surface area contributed by atoms with Gasteiger partial charge >= 0.3 is 5.97 Å². The van der Waals surface area contributed by atoms with Crippen LogP contribution >= 0.6 is 23.2 Å². The third kappa shape index (κ3) is 7.00. The number of primary amides is 1. The third-order valence-corrected chi connectivity index (χ3v) is 6.08. The van der Waals surface area contributed by atoms with Crippen molar-refractivity contribution in [3.8, 4) is 0 Å². The van der Waals surface area contributed by atoms with E-state index in [1.54, 1.807) is 42.5 Å². The molecule has 9 heteroatoms. The van der Waals surface area contributed by atoms with Crippen molar-refractivity contribution < 1.29 is 19.1 Å². The Hall–Kier alpha value is -4.07. The van der Waals surface area contributed by atoms with E-state index < -0.39 is 23.8 Å². The van der Waals surface area contributed by atoms with Crippen molar-refractivity contribution in [2.75, 3.05) is 10.6 Å². The minimum Gasteiger partial charge on any atom is -0.459 e. The zero-order valence-corrected chi connectivity index (χ0v) is 21.1. The van der Waals surface area contributed by atoms with Gasteiger partial charge in [0.2, 0.25) is 11.8 Å². The van der Waals surface area contributed by atoms with Crippen LogP contribution in [0.2, 0.25) is 10.0 Å². The zero-order chi connectivity index (χ0) is 26.4. The van der Waals surface area contributed by atoms with Gasteiger partial charge in [-0.2, -0.15) is 0 Å². The van der Waals surface area contributed by atoms with Crippen molar-refractivity contribution in [1.82, 2.24) is 0 Å². The van der Waals surface area contributed by atoms with E-state index in [1.807, 2.05) is 30.3 Å². The average Bonchev–Trinajstić information content (AvgIpc) is 2.86. The van der Waals surface area contributed by atoms with Crippen LogP contribution in [-0.2, 0) is 25.7 Å². The molecule has 1 aliphatic heterocycles. The number of fused-ring (bicyclic) bond motifs is 1. The number of halogens is 2. The molecule has 4 rings (SSSR count). The van der Waals surface area contributed by atoms with Crippen molar-refractivity contribution in [3.63, 3.8) is 0 Å². The van der Waals surface area contributed by atoms with Crippen LogP contribution in [0.4, 0.5) is 11.4 Å². The fourth-order valence-electron chi connectivity index (χ4n) is 3.87. The molecule has 0 spiro atoms. The van der Waals surface area contributed by atoms with E-state index in [-0.39, 0.29) is 13.0 Å². The molecule has 188 valence electrons. The standard InChI is InChI=1S/C28H23Cl2N3O4/c29-20-14-22(30)27-19(13-26(35)32-21-9-6-17(7-10-21)8-11-25(31)34)12-24(33-23(27)15-20)28(36)37-16-18-4-2-1-3-5-18/h1-11,13-15,24,33H,12,16H2,(H2,31,34)(H,32,35)/b11-8+,19-13+. The molecule has 2 amide bonds. The van der Waals surface area contributed by atoms with Gasteiger partial charge in [-0.25, -0.2) is 4.79 Å². The normalized spacial score (nSPS) is 15.6. The third-order valence-electron chi connectivity index (χ3n) is 5.56. The molecule has 3 aromatic carbocycles. The summed E-state index contributed by atoms with van der Waals surface area (Å²) < 4.78 is 5.51. The minimum absolute atomic E-state index is 0.130. The van der Waals surface area contributed by atoms with Crippen LogP contribution < -0.4 is 16.4 Å². The van der Waals surface area contributed by atoms with E-state index in [4.69, 9.17) is 33.7 Å². The summed E-state index contributed by atoms with van der Waals surface area (Å²) in [4.78, 5) is 36.7. The van der Waals surface area contributed by atoms with Crippen molar-refractivity contribution in [2.24, 2.45) is 5.73 Å². The summed E-state index contributed by atoms with van der Waals surface area (Å²) in [6, 6.07) is 18.7. The monoisotopic (exact) mass is 535 g/mol. The summed E-state index contributed by atoms with van der Waals surface area (Å²) in [5, 5.41) is 6.68. The first-order valence-corrected chi connectivity index (χ1v) is 12.1. The van der Waals surface area contributed by atoms with Crippen LogP contribution in [0.25, 0.3) is 11.6 Å². The largest absolute Gasteiger partial charge is 0.459 e. The second-order valence-corrected chi connectivity index (χ2v) is 9.16. The molecule has 1 atom stereocenters. The highest BCUT2D eigenvalue weighted by Gasteiger charge is 2.30. The van der Waals surface area contributed by atoms with Gasteiger partial charge in [-0.15, -0.1) is 0 Å². The molecule has 4 N–H and O–H groups in total. The maximum Gasteiger partial charge on any atom is 0.329 e. The van der Waals surface area contributed by atoms with Gasteiger partial charge in [-0.05, 0) is 47.0 Å². The zero-order valence-electron chi connectivity index (χ0n) is 19.5. The average molecular weight is 536 g/mol. The van der Waals surface area contributed by atoms with Crippen LogP contribution in [0.1, 0.15) is 23.1 Å². The second kappa shape index (κ2) is 11.8. The summed E-state index contributed by atoms with van der Waals surface area (Å²) >= 11 is 12.7. The number of ether oxygens (including phenoxy) is 1. The van der Waals surface area contributed by atoms with E-state index in [0.29, 0.717) is 32.6 Å². The summed E-state index contributed by atoms with van der Waals surface area (Å²) in [6.45, 7) is 0.130. The lowest BCUT2D eigenvalue weighted by molar-refractivity contribution is -0.145. The molecule has 37 heavy (non-hydrogen) atoms. The predicted octanol–water partition coefficient (Wildman–Crippen LogP) is 5.44. The molecule has 0 radical (unpaired) electrons. The van der Waals surface area contributed by atoms with Crippen LogP contribution in [-0.4, -0.2) is 23.8 Å². The van der Waals surface area contributed by atoms with Gasteiger partial charge in [0, 0.05) is 40.5 Å². The number of hydrogen-bond acceptors (Lipinski definition) is 5.